The van der Waals surface area contributed by atoms with E-state index >= 15 is 0 Å². The Hall–Kier alpha value is -1.68. The fourth-order valence-corrected chi connectivity index (χ4v) is 3.32. The summed E-state index contributed by atoms with van der Waals surface area (Å²) in [6.07, 6.45) is 2.63. The SMILES string of the molecule is O=C(NC1CCc2ccccc2C1)c1c(F)cccc1Br. The van der Waals surface area contributed by atoms with Gasteiger partial charge in [0.25, 0.3) is 5.91 Å². The molecule has 0 heterocycles. The van der Waals surface area contributed by atoms with Crippen molar-refractivity contribution in [1.29, 1.82) is 0 Å². The van der Waals surface area contributed by atoms with Crippen molar-refractivity contribution in [2.75, 3.05) is 0 Å². The summed E-state index contributed by atoms with van der Waals surface area (Å²) in [5.41, 5.74) is 2.69. The van der Waals surface area contributed by atoms with Gasteiger partial charge >= 0.3 is 0 Å². The number of nitrogens with one attached hydrogen (secondary N) is 1. The molecule has 0 fully saturated rings. The molecule has 0 radical (unpaired) electrons. The van der Waals surface area contributed by atoms with Crippen LogP contribution in [0.25, 0.3) is 0 Å². The van der Waals surface area contributed by atoms with Crippen LogP contribution in [0.1, 0.15) is 27.9 Å². The lowest BCUT2D eigenvalue weighted by Crippen LogP contribution is -2.39. The standard InChI is InChI=1S/C17H15BrFNO/c18-14-6-3-7-15(19)16(14)17(21)20-13-9-8-11-4-1-2-5-12(11)10-13/h1-7,13H,8-10H2,(H,20,21). The van der Waals surface area contributed by atoms with Crippen molar-refractivity contribution in [3.63, 3.8) is 0 Å². The minimum Gasteiger partial charge on any atom is -0.349 e. The molecule has 0 saturated heterocycles. The maximum absolute atomic E-state index is 13.8. The molecule has 0 aliphatic heterocycles. The van der Waals surface area contributed by atoms with Crippen molar-refractivity contribution in [3.05, 3.63) is 69.4 Å². The molecule has 108 valence electrons. The van der Waals surface area contributed by atoms with Gasteiger partial charge in [0.05, 0.1) is 5.56 Å². The molecule has 2 aromatic rings. The second-order valence-corrected chi connectivity index (χ2v) is 6.13. The van der Waals surface area contributed by atoms with Gasteiger partial charge in [-0.25, -0.2) is 4.39 Å². The third-order valence-electron chi connectivity index (χ3n) is 3.87. The molecule has 1 aliphatic rings. The molecule has 0 aromatic heterocycles. The van der Waals surface area contributed by atoms with Crippen LogP contribution in [0, 0.1) is 5.82 Å². The van der Waals surface area contributed by atoms with Crippen LogP contribution in [0.4, 0.5) is 4.39 Å². The van der Waals surface area contributed by atoms with Crippen LogP contribution in [0.15, 0.2) is 46.9 Å². The average Bonchev–Trinajstić information content (AvgIpc) is 2.47. The monoisotopic (exact) mass is 347 g/mol. The van der Waals surface area contributed by atoms with Gasteiger partial charge in [-0.15, -0.1) is 0 Å². The van der Waals surface area contributed by atoms with Gasteiger partial charge in [-0.3, -0.25) is 4.79 Å². The zero-order valence-electron chi connectivity index (χ0n) is 11.4. The quantitative estimate of drug-likeness (QED) is 0.877. The number of benzene rings is 2. The number of halogens is 2. The van der Waals surface area contributed by atoms with Crippen LogP contribution in [0.3, 0.4) is 0 Å². The summed E-state index contributed by atoms with van der Waals surface area (Å²) >= 11 is 3.24. The Bertz CT molecular complexity index is 666. The number of aryl methyl sites for hydroxylation is 1. The summed E-state index contributed by atoms with van der Waals surface area (Å²) in [6, 6.07) is 12.9. The van der Waals surface area contributed by atoms with E-state index in [2.05, 4.69) is 33.4 Å². The normalized spacial score (nSPS) is 17.1. The molecule has 1 aliphatic carbocycles. The van der Waals surface area contributed by atoms with Crippen molar-refractivity contribution in [2.45, 2.75) is 25.3 Å². The minimum absolute atomic E-state index is 0.0545. The molecule has 2 aromatic carbocycles. The molecule has 0 spiro atoms. The van der Waals surface area contributed by atoms with Crippen LogP contribution in [0.5, 0.6) is 0 Å². The number of carbonyl (C=O) groups excluding carboxylic acids is 1. The first-order valence-corrected chi connectivity index (χ1v) is 7.76. The number of carbonyl (C=O) groups is 1. The van der Waals surface area contributed by atoms with Crippen molar-refractivity contribution in [2.24, 2.45) is 0 Å². The lowest BCUT2D eigenvalue weighted by molar-refractivity contribution is 0.0928. The molecular weight excluding hydrogens is 333 g/mol. The Morgan fingerprint density at radius 1 is 1.14 bits per heavy atom. The van der Waals surface area contributed by atoms with E-state index in [1.807, 2.05) is 12.1 Å². The summed E-state index contributed by atoms with van der Waals surface area (Å²) in [7, 11) is 0. The zero-order chi connectivity index (χ0) is 14.8. The highest BCUT2D eigenvalue weighted by atomic mass is 79.9. The maximum atomic E-state index is 13.8. The largest absolute Gasteiger partial charge is 0.349 e. The second-order valence-electron chi connectivity index (χ2n) is 5.28. The highest BCUT2D eigenvalue weighted by Crippen LogP contribution is 2.23. The fourth-order valence-electron chi connectivity index (χ4n) is 2.79. The van der Waals surface area contributed by atoms with Crippen molar-refractivity contribution in [1.82, 2.24) is 5.32 Å². The minimum atomic E-state index is -0.502. The van der Waals surface area contributed by atoms with E-state index in [1.54, 1.807) is 12.1 Å². The van der Waals surface area contributed by atoms with Gasteiger partial charge in [-0.05, 0) is 58.5 Å². The summed E-state index contributed by atoms with van der Waals surface area (Å²) in [6.45, 7) is 0. The van der Waals surface area contributed by atoms with Crippen molar-refractivity contribution in [3.8, 4) is 0 Å². The zero-order valence-corrected chi connectivity index (χ0v) is 13.0. The summed E-state index contributed by atoms with van der Waals surface area (Å²) in [5.74, 6) is -0.859. The van der Waals surface area contributed by atoms with Gasteiger partial charge < -0.3 is 5.32 Å². The maximum Gasteiger partial charge on any atom is 0.255 e. The van der Waals surface area contributed by atoms with Gasteiger partial charge in [-0.1, -0.05) is 30.3 Å². The van der Waals surface area contributed by atoms with E-state index in [0.717, 1.165) is 19.3 Å². The molecule has 0 bridgehead atoms. The predicted octanol–water partition coefficient (Wildman–Crippen LogP) is 3.88. The molecule has 3 rings (SSSR count). The second kappa shape index (κ2) is 5.98. The molecule has 2 nitrogen and oxygen atoms in total. The van der Waals surface area contributed by atoms with Gasteiger partial charge in [0.1, 0.15) is 5.82 Å². The van der Waals surface area contributed by atoms with E-state index in [0.29, 0.717) is 4.47 Å². The first-order valence-electron chi connectivity index (χ1n) is 6.97. The Balaban J connectivity index is 1.75. The van der Waals surface area contributed by atoms with Gasteiger partial charge in [0.2, 0.25) is 0 Å². The van der Waals surface area contributed by atoms with Crippen molar-refractivity contribution < 1.29 is 9.18 Å². The van der Waals surface area contributed by atoms with E-state index < -0.39 is 5.82 Å². The van der Waals surface area contributed by atoms with E-state index in [-0.39, 0.29) is 17.5 Å². The van der Waals surface area contributed by atoms with Crippen LogP contribution in [-0.2, 0) is 12.8 Å². The number of hydrogen-bond acceptors (Lipinski definition) is 1. The van der Waals surface area contributed by atoms with Gasteiger partial charge in [0.15, 0.2) is 0 Å². The van der Waals surface area contributed by atoms with E-state index in [1.165, 1.54) is 17.2 Å². The topological polar surface area (TPSA) is 29.1 Å². The molecule has 1 unspecified atom stereocenters. The molecule has 21 heavy (non-hydrogen) atoms. The lowest BCUT2D eigenvalue weighted by atomic mass is 9.88. The predicted molar refractivity (Wildman–Crippen MR) is 83.8 cm³/mol. The highest BCUT2D eigenvalue weighted by Gasteiger charge is 2.22. The third kappa shape index (κ3) is 3.00. The lowest BCUT2D eigenvalue weighted by Gasteiger charge is -2.25. The van der Waals surface area contributed by atoms with Crippen LogP contribution < -0.4 is 5.32 Å². The summed E-state index contributed by atoms with van der Waals surface area (Å²) in [4.78, 5) is 12.3. The van der Waals surface area contributed by atoms with Crippen LogP contribution in [-0.4, -0.2) is 11.9 Å². The van der Waals surface area contributed by atoms with E-state index in [4.69, 9.17) is 0 Å². The highest BCUT2D eigenvalue weighted by molar-refractivity contribution is 9.10. The number of rotatable bonds is 2. The summed E-state index contributed by atoms with van der Waals surface area (Å²) < 4.78 is 14.3. The number of hydrogen-bond donors (Lipinski definition) is 1. The smallest absolute Gasteiger partial charge is 0.255 e. The molecule has 1 amide bonds. The number of amides is 1. The van der Waals surface area contributed by atoms with E-state index in [9.17, 15) is 9.18 Å². The Morgan fingerprint density at radius 2 is 1.90 bits per heavy atom. The summed E-state index contributed by atoms with van der Waals surface area (Å²) in [5, 5.41) is 2.95. The third-order valence-corrected chi connectivity index (χ3v) is 4.53. The van der Waals surface area contributed by atoms with Crippen LogP contribution in [0.2, 0.25) is 0 Å². The molecule has 1 N–H and O–H groups in total. The molecule has 4 heteroatoms. The van der Waals surface area contributed by atoms with Gasteiger partial charge in [0, 0.05) is 10.5 Å². The Kier molecular flexibility index (Phi) is 4.06. The molecular formula is C17H15BrFNO. The van der Waals surface area contributed by atoms with Crippen LogP contribution >= 0.6 is 15.9 Å². The Morgan fingerprint density at radius 3 is 2.67 bits per heavy atom. The first-order chi connectivity index (χ1) is 10.1. The van der Waals surface area contributed by atoms with Crippen molar-refractivity contribution >= 4 is 21.8 Å². The first kappa shape index (κ1) is 14.3. The van der Waals surface area contributed by atoms with Gasteiger partial charge in [-0.2, -0.15) is 0 Å². The molecule has 0 saturated carbocycles. The average molecular weight is 348 g/mol. The molecule has 1 atom stereocenters. The fraction of sp³-hybridized carbons (Fsp3) is 0.235. The Labute approximate surface area is 131 Å². The number of fused-ring (bicyclic) bond motifs is 1.